The molecule has 0 saturated carbocycles. The Balaban J connectivity index is 1.94. The Morgan fingerprint density at radius 1 is 1.15 bits per heavy atom. The minimum atomic E-state index is 0.0490. The van der Waals surface area contributed by atoms with Crippen molar-refractivity contribution >= 4 is 5.91 Å². The average molecular weight is 352 g/mol. The average Bonchev–Trinajstić information content (AvgIpc) is 2.83. The van der Waals surface area contributed by atoms with Gasteiger partial charge < -0.3 is 5.32 Å². The van der Waals surface area contributed by atoms with Gasteiger partial charge in [0.05, 0.1) is 24.7 Å². The predicted molar refractivity (Wildman–Crippen MR) is 103 cm³/mol. The Hall–Kier alpha value is -2.61. The molecule has 0 saturated heterocycles. The molecule has 26 heavy (non-hydrogen) atoms. The van der Waals surface area contributed by atoms with Crippen molar-refractivity contribution in [3.05, 3.63) is 51.3 Å². The van der Waals surface area contributed by atoms with Crippen molar-refractivity contribution in [3.8, 4) is 6.07 Å². The number of amides is 1. The summed E-state index contributed by atoms with van der Waals surface area (Å²) in [5.74, 6) is 0.0490. The Labute approximate surface area is 156 Å². The Morgan fingerprint density at radius 3 is 2.42 bits per heavy atom. The molecule has 1 N–H and O–H groups in total. The second-order valence-corrected chi connectivity index (χ2v) is 6.93. The van der Waals surface area contributed by atoms with Crippen LogP contribution in [-0.4, -0.2) is 15.7 Å². The standard InChI is InChI=1S/C21H28N4O/c1-14-11-15(2)20(16(3)12-14)13-23-21(26)8-7-19-17(4)24-25(18(19)5)10-6-9-22/h11-12H,6-8,10,13H2,1-5H3,(H,23,26). The van der Waals surface area contributed by atoms with Crippen LogP contribution in [0.1, 0.15) is 52.0 Å². The number of hydrogen-bond donors (Lipinski definition) is 1. The highest BCUT2D eigenvalue weighted by molar-refractivity contribution is 5.76. The van der Waals surface area contributed by atoms with Crippen molar-refractivity contribution in [2.45, 2.75) is 67.0 Å². The first-order valence-electron chi connectivity index (χ1n) is 9.06. The van der Waals surface area contributed by atoms with Gasteiger partial charge in [-0.2, -0.15) is 10.4 Å². The molecule has 2 aromatic rings. The molecular weight excluding hydrogens is 324 g/mol. The topological polar surface area (TPSA) is 70.7 Å². The zero-order valence-electron chi connectivity index (χ0n) is 16.4. The lowest BCUT2D eigenvalue weighted by Gasteiger charge is -2.12. The van der Waals surface area contributed by atoms with Gasteiger partial charge in [0.25, 0.3) is 0 Å². The van der Waals surface area contributed by atoms with Gasteiger partial charge in [-0.3, -0.25) is 9.48 Å². The van der Waals surface area contributed by atoms with Crippen LogP contribution < -0.4 is 5.32 Å². The van der Waals surface area contributed by atoms with E-state index in [0.717, 1.165) is 17.0 Å². The molecule has 1 amide bonds. The molecule has 0 aliphatic rings. The Bertz CT molecular complexity index is 819. The maximum absolute atomic E-state index is 12.3. The highest BCUT2D eigenvalue weighted by Gasteiger charge is 2.13. The molecule has 0 atom stereocenters. The van der Waals surface area contributed by atoms with Crippen molar-refractivity contribution in [1.82, 2.24) is 15.1 Å². The van der Waals surface area contributed by atoms with Crippen LogP contribution in [0.2, 0.25) is 0 Å². The first-order chi connectivity index (χ1) is 12.3. The molecule has 5 nitrogen and oxygen atoms in total. The predicted octanol–water partition coefficient (Wildman–Crippen LogP) is 3.59. The molecule has 0 bridgehead atoms. The van der Waals surface area contributed by atoms with Gasteiger partial charge >= 0.3 is 0 Å². The molecule has 1 aromatic heterocycles. The normalized spacial score (nSPS) is 10.6. The van der Waals surface area contributed by atoms with E-state index in [4.69, 9.17) is 5.26 Å². The fraction of sp³-hybridized carbons (Fsp3) is 0.476. The van der Waals surface area contributed by atoms with Crippen molar-refractivity contribution in [3.63, 3.8) is 0 Å². The molecule has 2 rings (SSSR count). The van der Waals surface area contributed by atoms with Gasteiger partial charge in [-0.25, -0.2) is 0 Å². The van der Waals surface area contributed by atoms with E-state index in [1.165, 1.54) is 22.3 Å². The summed E-state index contributed by atoms with van der Waals surface area (Å²) in [7, 11) is 0. The van der Waals surface area contributed by atoms with Crippen molar-refractivity contribution in [2.24, 2.45) is 0 Å². The van der Waals surface area contributed by atoms with E-state index in [1.807, 2.05) is 18.5 Å². The van der Waals surface area contributed by atoms with E-state index in [-0.39, 0.29) is 5.91 Å². The monoisotopic (exact) mass is 352 g/mol. The van der Waals surface area contributed by atoms with E-state index in [1.54, 1.807) is 0 Å². The van der Waals surface area contributed by atoms with Crippen LogP contribution in [0.5, 0.6) is 0 Å². The summed E-state index contributed by atoms with van der Waals surface area (Å²) in [6, 6.07) is 6.44. The molecule has 1 heterocycles. The number of aryl methyl sites for hydroxylation is 5. The smallest absolute Gasteiger partial charge is 0.220 e. The third-order valence-electron chi connectivity index (χ3n) is 4.87. The molecule has 0 radical (unpaired) electrons. The number of carbonyl (C=O) groups excluding carboxylic acids is 1. The fourth-order valence-corrected chi connectivity index (χ4v) is 3.47. The quantitative estimate of drug-likeness (QED) is 0.828. The Morgan fingerprint density at radius 2 is 1.81 bits per heavy atom. The Kier molecular flexibility index (Phi) is 6.57. The maximum Gasteiger partial charge on any atom is 0.220 e. The van der Waals surface area contributed by atoms with Gasteiger partial charge in [0.1, 0.15) is 0 Å². The highest BCUT2D eigenvalue weighted by Crippen LogP contribution is 2.17. The minimum Gasteiger partial charge on any atom is -0.352 e. The molecule has 0 fully saturated rings. The summed E-state index contributed by atoms with van der Waals surface area (Å²) in [5.41, 5.74) is 7.98. The SMILES string of the molecule is Cc1cc(C)c(CNC(=O)CCc2c(C)nn(CCC#N)c2C)c(C)c1. The van der Waals surface area contributed by atoms with Crippen molar-refractivity contribution in [2.75, 3.05) is 0 Å². The van der Waals surface area contributed by atoms with Crippen LogP contribution in [0.4, 0.5) is 0 Å². The van der Waals surface area contributed by atoms with E-state index < -0.39 is 0 Å². The van der Waals surface area contributed by atoms with Crippen molar-refractivity contribution < 1.29 is 4.79 Å². The number of nitrogens with zero attached hydrogens (tertiary/aromatic N) is 3. The lowest BCUT2D eigenvalue weighted by molar-refractivity contribution is -0.121. The number of nitriles is 1. The second kappa shape index (κ2) is 8.66. The number of carbonyl (C=O) groups is 1. The summed E-state index contributed by atoms with van der Waals surface area (Å²) < 4.78 is 1.87. The largest absolute Gasteiger partial charge is 0.352 e. The number of aromatic nitrogens is 2. The first-order valence-corrected chi connectivity index (χ1v) is 9.06. The van der Waals surface area contributed by atoms with Crippen LogP contribution in [-0.2, 0) is 24.3 Å². The summed E-state index contributed by atoms with van der Waals surface area (Å²) in [6.45, 7) is 11.4. The van der Waals surface area contributed by atoms with E-state index in [9.17, 15) is 4.79 Å². The van der Waals surface area contributed by atoms with E-state index in [2.05, 4.69) is 49.4 Å². The molecule has 0 unspecified atom stereocenters. The van der Waals surface area contributed by atoms with Gasteiger partial charge in [-0.1, -0.05) is 17.7 Å². The zero-order valence-corrected chi connectivity index (χ0v) is 16.4. The molecule has 5 heteroatoms. The minimum absolute atomic E-state index is 0.0490. The van der Waals surface area contributed by atoms with Gasteiger partial charge in [0.15, 0.2) is 0 Å². The summed E-state index contributed by atoms with van der Waals surface area (Å²) in [4.78, 5) is 12.3. The third-order valence-corrected chi connectivity index (χ3v) is 4.87. The van der Waals surface area contributed by atoms with E-state index >= 15 is 0 Å². The van der Waals surface area contributed by atoms with Gasteiger partial charge in [0, 0.05) is 18.7 Å². The van der Waals surface area contributed by atoms with Gasteiger partial charge in [0.2, 0.25) is 5.91 Å². The van der Waals surface area contributed by atoms with Crippen LogP contribution in [0, 0.1) is 45.9 Å². The van der Waals surface area contributed by atoms with Crippen LogP contribution in [0.3, 0.4) is 0 Å². The van der Waals surface area contributed by atoms with Gasteiger partial charge in [-0.15, -0.1) is 0 Å². The molecular formula is C21H28N4O. The fourth-order valence-electron chi connectivity index (χ4n) is 3.47. The summed E-state index contributed by atoms with van der Waals surface area (Å²) in [6.07, 6.45) is 1.55. The highest BCUT2D eigenvalue weighted by atomic mass is 16.1. The van der Waals surface area contributed by atoms with Crippen LogP contribution >= 0.6 is 0 Å². The molecule has 0 aliphatic carbocycles. The first kappa shape index (κ1) is 19.7. The number of benzene rings is 1. The van der Waals surface area contributed by atoms with Crippen LogP contribution in [0.25, 0.3) is 0 Å². The number of rotatable bonds is 7. The zero-order chi connectivity index (χ0) is 19.3. The lowest BCUT2D eigenvalue weighted by atomic mass is 10.00. The number of hydrogen-bond acceptors (Lipinski definition) is 3. The summed E-state index contributed by atoms with van der Waals surface area (Å²) in [5, 5.41) is 16.3. The maximum atomic E-state index is 12.3. The summed E-state index contributed by atoms with van der Waals surface area (Å²) >= 11 is 0. The molecule has 0 aliphatic heterocycles. The van der Waals surface area contributed by atoms with Gasteiger partial charge in [-0.05, 0) is 63.3 Å². The molecule has 0 spiro atoms. The molecule has 138 valence electrons. The van der Waals surface area contributed by atoms with Crippen molar-refractivity contribution in [1.29, 1.82) is 5.26 Å². The lowest BCUT2D eigenvalue weighted by Crippen LogP contribution is -2.24. The van der Waals surface area contributed by atoms with E-state index in [0.29, 0.717) is 32.4 Å². The third kappa shape index (κ3) is 4.72. The number of nitrogens with one attached hydrogen (secondary N) is 1. The molecule has 1 aromatic carbocycles. The van der Waals surface area contributed by atoms with Crippen LogP contribution in [0.15, 0.2) is 12.1 Å². The second-order valence-electron chi connectivity index (χ2n) is 6.93.